The fourth-order valence-electron chi connectivity index (χ4n) is 1.88. The molecule has 1 fully saturated rings. The summed E-state index contributed by atoms with van der Waals surface area (Å²) in [5.41, 5.74) is 4.75. The van der Waals surface area contributed by atoms with E-state index in [4.69, 9.17) is 10.5 Å². The Kier molecular flexibility index (Phi) is 3.72. The predicted molar refractivity (Wildman–Crippen MR) is 51.3 cm³/mol. The molecule has 13 heavy (non-hydrogen) atoms. The number of ether oxygens (including phenoxy) is 1. The fourth-order valence-corrected chi connectivity index (χ4v) is 1.88. The second-order valence-corrected chi connectivity index (χ2v) is 3.77. The Labute approximate surface area is 79.6 Å². The van der Waals surface area contributed by atoms with Crippen LogP contribution >= 0.6 is 0 Å². The molecule has 2 N–H and O–H groups in total. The molecule has 0 atom stereocenters. The molecule has 0 radical (unpaired) electrons. The van der Waals surface area contributed by atoms with Crippen molar-refractivity contribution in [2.45, 2.75) is 51.0 Å². The number of hydrogen-bond acceptors (Lipinski definition) is 2. The fraction of sp³-hybridized carbons (Fsp3) is 0.900. The van der Waals surface area contributed by atoms with Gasteiger partial charge in [-0.05, 0) is 19.3 Å². The predicted octanol–water partition coefficient (Wildman–Crippen LogP) is 1.60. The first kappa shape index (κ1) is 10.5. The molecule has 0 aromatic rings. The first-order valence-electron chi connectivity index (χ1n) is 5.15. The molecule has 0 aromatic carbocycles. The van der Waals surface area contributed by atoms with Gasteiger partial charge in [0.15, 0.2) is 0 Å². The van der Waals surface area contributed by atoms with Crippen LogP contribution in [0.25, 0.3) is 0 Å². The van der Waals surface area contributed by atoms with E-state index in [0.29, 0.717) is 6.61 Å². The average molecular weight is 185 g/mol. The molecule has 0 heterocycles. The Morgan fingerprint density at radius 1 is 1.38 bits per heavy atom. The average Bonchev–Trinajstić information content (AvgIpc) is 2.16. The van der Waals surface area contributed by atoms with Crippen molar-refractivity contribution < 1.29 is 9.53 Å². The second kappa shape index (κ2) is 4.61. The Morgan fingerprint density at radius 2 is 2.00 bits per heavy atom. The molecule has 1 saturated carbocycles. The SMILES string of the molecule is CCCOC1(C(N)=O)CCCCC1. The molecule has 0 bridgehead atoms. The van der Waals surface area contributed by atoms with E-state index in [1.54, 1.807) is 0 Å². The number of carbonyl (C=O) groups excluding carboxylic acids is 1. The van der Waals surface area contributed by atoms with Crippen molar-refractivity contribution in [1.82, 2.24) is 0 Å². The lowest BCUT2D eigenvalue weighted by Gasteiger charge is -2.34. The van der Waals surface area contributed by atoms with Gasteiger partial charge in [0, 0.05) is 6.61 Å². The summed E-state index contributed by atoms with van der Waals surface area (Å²) in [7, 11) is 0. The third-order valence-electron chi connectivity index (χ3n) is 2.69. The van der Waals surface area contributed by atoms with Crippen LogP contribution in [-0.4, -0.2) is 18.1 Å². The van der Waals surface area contributed by atoms with Crippen LogP contribution in [0.4, 0.5) is 0 Å². The Morgan fingerprint density at radius 3 is 2.46 bits per heavy atom. The smallest absolute Gasteiger partial charge is 0.249 e. The number of carbonyl (C=O) groups is 1. The van der Waals surface area contributed by atoms with Crippen LogP contribution < -0.4 is 5.73 Å². The van der Waals surface area contributed by atoms with Gasteiger partial charge in [0.2, 0.25) is 5.91 Å². The topological polar surface area (TPSA) is 52.3 Å². The number of nitrogens with two attached hydrogens (primary N) is 1. The first-order chi connectivity index (χ1) is 6.21. The molecule has 0 aromatic heterocycles. The van der Waals surface area contributed by atoms with Gasteiger partial charge in [-0.25, -0.2) is 0 Å². The second-order valence-electron chi connectivity index (χ2n) is 3.77. The zero-order valence-corrected chi connectivity index (χ0v) is 8.34. The number of primary amides is 1. The van der Waals surface area contributed by atoms with Gasteiger partial charge in [-0.3, -0.25) is 4.79 Å². The van der Waals surface area contributed by atoms with Crippen molar-refractivity contribution in [2.75, 3.05) is 6.61 Å². The molecule has 0 unspecified atom stereocenters. The summed E-state index contributed by atoms with van der Waals surface area (Å²) >= 11 is 0. The van der Waals surface area contributed by atoms with Gasteiger partial charge in [0.25, 0.3) is 0 Å². The monoisotopic (exact) mass is 185 g/mol. The maximum absolute atomic E-state index is 11.3. The van der Waals surface area contributed by atoms with Gasteiger partial charge in [-0.2, -0.15) is 0 Å². The Balaban J connectivity index is 2.56. The van der Waals surface area contributed by atoms with Crippen LogP contribution in [0, 0.1) is 0 Å². The number of rotatable bonds is 4. The lowest BCUT2D eigenvalue weighted by molar-refractivity contribution is -0.148. The van der Waals surface area contributed by atoms with Crippen molar-refractivity contribution in [3.63, 3.8) is 0 Å². The molecule has 0 aliphatic heterocycles. The summed E-state index contributed by atoms with van der Waals surface area (Å²) in [6.07, 6.45) is 5.88. The Bertz CT molecular complexity index is 174. The van der Waals surface area contributed by atoms with Gasteiger partial charge in [0.1, 0.15) is 5.60 Å². The van der Waals surface area contributed by atoms with Crippen molar-refractivity contribution in [1.29, 1.82) is 0 Å². The summed E-state index contributed by atoms with van der Waals surface area (Å²) in [5, 5.41) is 0. The van der Waals surface area contributed by atoms with Crippen LogP contribution in [-0.2, 0) is 9.53 Å². The van der Waals surface area contributed by atoms with Crippen LogP contribution in [0.15, 0.2) is 0 Å². The molecule has 1 aliphatic rings. The molecule has 0 saturated heterocycles. The van der Waals surface area contributed by atoms with E-state index in [0.717, 1.165) is 32.1 Å². The minimum Gasteiger partial charge on any atom is -0.367 e. The summed E-state index contributed by atoms with van der Waals surface area (Å²) in [6.45, 7) is 2.68. The van der Waals surface area contributed by atoms with Gasteiger partial charge in [-0.1, -0.05) is 26.2 Å². The minimum absolute atomic E-state index is 0.277. The van der Waals surface area contributed by atoms with Crippen LogP contribution in [0.1, 0.15) is 45.4 Å². The molecule has 3 heteroatoms. The lowest BCUT2D eigenvalue weighted by Crippen LogP contribution is -2.47. The number of amides is 1. The minimum atomic E-state index is -0.631. The van der Waals surface area contributed by atoms with Gasteiger partial charge in [-0.15, -0.1) is 0 Å². The van der Waals surface area contributed by atoms with Crippen molar-refractivity contribution in [3.05, 3.63) is 0 Å². The summed E-state index contributed by atoms with van der Waals surface area (Å²) in [5.74, 6) is -0.277. The highest BCUT2D eigenvalue weighted by atomic mass is 16.5. The maximum Gasteiger partial charge on any atom is 0.249 e. The molecule has 1 amide bonds. The van der Waals surface area contributed by atoms with Crippen LogP contribution in [0.5, 0.6) is 0 Å². The Hall–Kier alpha value is -0.570. The van der Waals surface area contributed by atoms with Crippen molar-refractivity contribution >= 4 is 5.91 Å². The maximum atomic E-state index is 11.3. The third-order valence-corrected chi connectivity index (χ3v) is 2.69. The zero-order valence-electron chi connectivity index (χ0n) is 8.34. The molecular weight excluding hydrogens is 166 g/mol. The molecule has 1 rings (SSSR count). The highest BCUT2D eigenvalue weighted by Gasteiger charge is 2.38. The van der Waals surface area contributed by atoms with Gasteiger partial charge < -0.3 is 10.5 Å². The standard InChI is InChI=1S/C10H19NO2/c1-2-8-13-10(9(11)12)6-4-3-5-7-10/h2-8H2,1H3,(H2,11,12). The van der Waals surface area contributed by atoms with Gasteiger partial charge >= 0.3 is 0 Å². The third kappa shape index (κ3) is 2.44. The molecule has 0 spiro atoms. The molecular formula is C10H19NO2. The summed E-state index contributed by atoms with van der Waals surface area (Å²) in [6, 6.07) is 0. The van der Waals surface area contributed by atoms with E-state index in [9.17, 15) is 4.79 Å². The largest absolute Gasteiger partial charge is 0.367 e. The van der Waals surface area contributed by atoms with E-state index in [2.05, 4.69) is 0 Å². The molecule has 1 aliphatic carbocycles. The van der Waals surface area contributed by atoms with E-state index in [1.165, 1.54) is 6.42 Å². The lowest BCUT2D eigenvalue weighted by atomic mass is 9.84. The van der Waals surface area contributed by atoms with E-state index < -0.39 is 5.60 Å². The van der Waals surface area contributed by atoms with E-state index >= 15 is 0 Å². The van der Waals surface area contributed by atoms with Gasteiger partial charge in [0.05, 0.1) is 0 Å². The highest BCUT2D eigenvalue weighted by molar-refractivity contribution is 5.83. The summed E-state index contributed by atoms with van der Waals surface area (Å²) in [4.78, 5) is 11.3. The molecule has 3 nitrogen and oxygen atoms in total. The first-order valence-corrected chi connectivity index (χ1v) is 5.15. The van der Waals surface area contributed by atoms with Crippen LogP contribution in [0.2, 0.25) is 0 Å². The quantitative estimate of drug-likeness (QED) is 0.723. The summed E-state index contributed by atoms with van der Waals surface area (Å²) < 4.78 is 5.61. The highest BCUT2D eigenvalue weighted by Crippen LogP contribution is 2.31. The van der Waals surface area contributed by atoms with E-state index in [-0.39, 0.29) is 5.91 Å². The zero-order chi connectivity index (χ0) is 9.73. The van der Waals surface area contributed by atoms with Crippen LogP contribution in [0.3, 0.4) is 0 Å². The van der Waals surface area contributed by atoms with E-state index in [1.807, 2.05) is 6.92 Å². The van der Waals surface area contributed by atoms with Crippen molar-refractivity contribution in [2.24, 2.45) is 5.73 Å². The normalized spacial score (nSPS) is 21.3. The molecule has 76 valence electrons. The number of hydrogen-bond donors (Lipinski definition) is 1. The van der Waals surface area contributed by atoms with Crippen molar-refractivity contribution in [3.8, 4) is 0 Å².